The van der Waals surface area contributed by atoms with Gasteiger partial charge in [-0.2, -0.15) is 0 Å². The highest BCUT2D eigenvalue weighted by molar-refractivity contribution is 5.79. The summed E-state index contributed by atoms with van der Waals surface area (Å²) in [5, 5.41) is 7.92. The molecule has 0 aliphatic carbocycles. The Bertz CT molecular complexity index is 647. The Balaban J connectivity index is 2.43. The molecule has 5 heteroatoms. The molecule has 16 heavy (non-hydrogen) atoms. The molecule has 80 valence electrons. The van der Waals surface area contributed by atoms with Gasteiger partial charge in [0.25, 0.3) is 0 Å². The maximum atomic E-state index is 5.47. The van der Waals surface area contributed by atoms with Crippen LogP contribution in [0.1, 0.15) is 6.92 Å². The molecular formula is C11H10N4O. The van der Waals surface area contributed by atoms with Crippen molar-refractivity contribution < 1.29 is 4.74 Å². The summed E-state index contributed by atoms with van der Waals surface area (Å²) in [4.78, 5) is 4.44. The van der Waals surface area contributed by atoms with Crippen molar-refractivity contribution in [3.63, 3.8) is 0 Å². The molecule has 3 rings (SSSR count). The Morgan fingerprint density at radius 3 is 3.00 bits per heavy atom. The molecule has 0 N–H and O–H groups in total. The van der Waals surface area contributed by atoms with E-state index in [1.54, 1.807) is 10.7 Å². The number of para-hydroxylation sites is 2. The predicted molar refractivity (Wildman–Crippen MR) is 59.5 cm³/mol. The van der Waals surface area contributed by atoms with Crippen molar-refractivity contribution in [3.05, 3.63) is 30.5 Å². The lowest BCUT2D eigenvalue weighted by molar-refractivity contribution is 0.331. The molecule has 0 aliphatic heterocycles. The van der Waals surface area contributed by atoms with Gasteiger partial charge in [-0.15, -0.1) is 5.10 Å². The minimum absolute atomic E-state index is 0.575. The number of fused-ring (bicyclic) bond motifs is 3. The molecule has 0 atom stereocenters. The number of hydrogen-bond donors (Lipinski definition) is 0. The zero-order chi connectivity index (χ0) is 11.0. The highest BCUT2D eigenvalue weighted by Crippen LogP contribution is 2.21. The van der Waals surface area contributed by atoms with Gasteiger partial charge < -0.3 is 4.74 Å². The number of benzene rings is 1. The van der Waals surface area contributed by atoms with Crippen LogP contribution in [0.2, 0.25) is 0 Å². The Morgan fingerprint density at radius 2 is 2.12 bits per heavy atom. The zero-order valence-corrected chi connectivity index (χ0v) is 8.79. The minimum atomic E-state index is 0.575. The molecule has 2 aromatic heterocycles. The van der Waals surface area contributed by atoms with Gasteiger partial charge in [0.1, 0.15) is 5.52 Å². The van der Waals surface area contributed by atoms with E-state index in [0.717, 1.165) is 16.6 Å². The summed E-state index contributed by atoms with van der Waals surface area (Å²) in [6, 6.07) is 7.78. The first-order valence-corrected chi connectivity index (χ1v) is 5.12. The lowest BCUT2D eigenvalue weighted by Gasteiger charge is -2.06. The summed E-state index contributed by atoms with van der Waals surface area (Å²) >= 11 is 0. The maximum absolute atomic E-state index is 5.47. The number of hydrogen-bond acceptors (Lipinski definition) is 4. The fraction of sp³-hybridized carbons (Fsp3) is 0.182. The highest BCUT2D eigenvalue weighted by atomic mass is 16.5. The van der Waals surface area contributed by atoms with Gasteiger partial charge in [0, 0.05) is 0 Å². The van der Waals surface area contributed by atoms with Gasteiger partial charge in [-0.05, 0) is 19.1 Å². The third kappa shape index (κ3) is 1.21. The van der Waals surface area contributed by atoms with Crippen molar-refractivity contribution in [1.82, 2.24) is 19.8 Å². The van der Waals surface area contributed by atoms with Crippen molar-refractivity contribution in [3.8, 4) is 5.88 Å². The van der Waals surface area contributed by atoms with Crippen LogP contribution in [-0.2, 0) is 0 Å². The van der Waals surface area contributed by atoms with Crippen molar-refractivity contribution in [2.24, 2.45) is 0 Å². The Kier molecular flexibility index (Phi) is 1.96. The Morgan fingerprint density at radius 1 is 1.25 bits per heavy atom. The van der Waals surface area contributed by atoms with Gasteiger partial charge in [0.15, 0.2) is 0 Å². The number of aromatic nitrogens is 4. The second-order valence-electron chi connectivity index (χ2n) is 3.37. The minimum Gasteiger partial charge on any atom is -0.476 e. The van der Waals surface area contributed by atoms with Crippen LogP contribution in [-0.4, -0.2) is 26.4 Å². The van der Waals surface area contributed by atoms with E-state index in [9.17, 15) is 0 Å². The molecule has 0 unspecified atom stereocenters. The standard InChI is InChI=1S/C11H10N4O/c1-2-16-11-10-7-12-14-15(10)9-6-4-3-5-8(9)13-11/h3-7H,2H2,1H3. The molecular weight excluding hydrogens is 204 g/mol. The van der Waals surface area contributed by atoms with Crippen LogP contribution in [0.25, 0.3) is 16.6 Å². The summed E-state index contributed by atoms with van der Waals surface area (Å²) in [6.07, 6.45) is 1.66. The normalized spacial score (nSPS) is 11.1. The van der Waals surface area contributed by atoms with Crippen LogP contribution in [0.15, 0.2) is 30.5 Å². The zero-order valence-electron chi connectivity index (χ0n) is 8.79. The first-order valence-electron chi connectivity index (χ1n) is 5.12. The molecule has 0 bridgehead atoms. The van der Waals surface area contributed by atoms with Crippen LogP contribution in [0.4, 0.5) is 0 Å². The largest absolute Gasteiger partial charge is 0.476 e. The summed E-state index contributed by atoms with van der Waals surface area (Å²) in [6.45, 7) is 2.50. The average molecular weight is 214 g/mol. The van der Waals surface area contributed by atoms with Gasteiger partial charge in [-0.3, -0.25) is 0 Å². The van der Waals surface area contributed by atoms with Crippen molar-refractivity contribution in [1.29, 1.82) is 0 Å². The van der Waals surface area contributed by atoms with Crippen LogP contribution in [0.3, 0.4) is 0 Å². The summed E-state index contributed by atoms with van der Waals surface area (Å²) in [5.74, 6) is 0.575. The highest BCUT2D eigenvalue weighted by Gasteiger charge is 2.09. The summed E-state index contributed by atoms with van der Waals surface area (Å²) < 4.78 is 7.22. The molecule has 0 spiro atoms. The van der Waals surface area contributed by atoms with E-state index in [0.29, 0.717) is 12.5 Å². The fourth-order valence-electron chi connectivity index (χ4n) is 1.71. The second-order valence-corrected chi connectivity index (χ2v) is 3.37. The molecule has 0 aliphatic rings. The third-order valence-corrected chi connectivity index (χ3v) is 2.38. The average Bonchev–Trinajstić information content (AvgIpc) is 2.79. The molecule has 5 nitrogen and oxygen atoms in total. The number of nitrogens with zero attached hydrogens (tertiary/aromatic N) is 4. The predicted octanol–water partition coefficient (Wildman–Crippen LogP) is 1.68. The fourth-order valence-corrected chi connectivity index (χ4v) is 1.71. The van der Waals surface area contributed by atoms with Gasteiger partial charge >= 0.3 is 0 Å². The van der Waals surface area contributed by atoms with E-state index >= 15 is 0 Å². The molecule has 0 saturated heterocycles. The van der Waals surface area contributed by atoms with E-state index in [4.69, 9.17) is 4.74 Å². The quantitative estimate of drug-likeness (QED) is 0.651. The molecule has 0 radical (unpaired) electrons. The number of ether oxygens (including phenoxy) is 1. The lowest BCUT2D eigenvalue weighted by Crippen LogP contribution is -2.00. The first kappa shape index (κ1) is 9.08. The van der Waals surface area contributed by atoms with Crippen molar-refractivity contribution in [2.45, 2.75) is 6.92 Å². The summed E-state index contributed by atoms with van der Waals surface area (Å²) in [7, 11) is 0. The lowest BCUT2D eigenvalue weighted by atomic mass is 10.3. The molecule has 0 amide bonds. The van der Waals surface area contributed by atoms with Gasteiger partial charge in [-0.25, -0.2) is 9.50 Å². The van der Waals surface area contributed by atoms with Gasteiger partial charge in [-0.1, -0.05) is 17.3 Å². The van der Waals surface area contributed by atoms with Crippen LogP contribution in [0, 0.1) is 0 Å². The molecule has 2 heterocycles. The maximum Gasteiger partial charge on any atom is 0.242 e. The second kappa shape index (κ2) is 3.44. The monoisotopic (exact) mass is 214 g/mol. The van der Waals surface area contributed by atoms with E-state index in [1.807, 2.05) is 31.2 Å². The topological polar surface area (TPSA) is 52.3 Å². The van der Waals surface area contributed by atoms with Crippen LogP contribution >= 0.6 is 0 Å². The molecule has 1 aromatic carbocycles. The van der Waals surface area contributed by atoms with E-state index in [-0.39, 0.29) is 0 Å². The SMILES string of the molecule is CCOc1nc2ccccc2n2nncc12. The van der Waals surface area contributed by atoms with Crippen molar-refractivity contribution in [2.75, 3.05) is 6.61 Å². The first-order chi connectivity index (χ1) is 7.90. The third-order valence-electron chi connectivity index (χ3n) is 2.38. The van der Waals surface area contributed by atoms with E-state index in [1.165, 1.54) is 0 Å². The van der Waals surface area contributed by atoms with Gasteiger partial charge in [0.2, 0.25) is 5.88 Å². The van der Waals surface area contributed by atoms with E-state index in [2.05, 4.69) is 15.3 Å². The number of rotatable bonds is 2. The van der Waals surface area contributed by atoms with Crippen LogP contribution < -0.4 is 4.74 Å². The van der Waals surface area contributed by atoms with Gasteiger partial charge in [0.05, 0.1) is 23.8 Å². The molecule has 3 aromatic rings. The van der Waals surface area contributed by atoms with Crippen molar-refractivity contribution >= 4 is 16.6 Å². The molecule has 0 fully saturated rings. The Hall–Kier alpha value is -2.17. The summed E-state index contributed by atoms with van der Waals surface area (Å²) in [5.41, 5.74) is 2.57. The smallest absolute Gasteiger partial charge is 0.242 e. The van der Waals surface area contributed by atoms with E-state index < -0.39 is 0 Å². The Labute approximate surface area is 91.7 Å². The molecule has 0 saturated carbocycles. The van der Waals surface area contributed by atoms with Crippen LogP contribution in [0.5, 0.6) is 5.88 Å².